The van der Waals surface area contributed by atoms with E-state index in [0.29, 0.717) is 11.4 Å². The highest BCUT2D eigenvalue weighted by Gasteiger charge is 2.31. The highest BCUT2D eigenvalue weighted by atomic mass is 19.4. The molecule has 0 bridgehead atoms. The average Bonchev–Trinajstić information content (AvgIpc) is 2.83. The summed E-state index contributed by atoms with van der Waals surface area (Å²) in [6.45, 7) is 0. The summed E-state index contributed by atoms with van der Waals surface area (Å²) in [5.74, 6) is -0.412. The van der Waals surface area contributed by atoms with Gasteiger partial charge in [-0.3, -0.25) is 20.5 Å². The molecule has 3 aromatic carbocycles. The van der Waals surface area contributed by atoms with Crippen molar-refractivity contribution in [1.82, 2.24) is 9.97 Å². The molecule has 4 rings (SSSR count). The van der Waals surface area contributed by atoms with Gasteiger partial charge in [-0.2, -0.15) is 13.2 Å². The van der Waals surface area contributed by atoms with E-state index in [1.165, 1.54) is 12.1 Å². The fourth-order valence-corrected chi connectivity index (χ4v) is 3.17. The first-order valence-electron chi connectivity index (χ1n) is 9.93. The van der Waals surface area contributed by atoms with Gasteiger partial charge >= 0.3 is 11.9 Å². The summed E-state index contributed by atoms with van der Waals surface area (Å²) >= 11 is 0. The van der Waals surface area contributed by atoms with E-state index in [1.807, 2.05) is 36.4 Å². The Bertz CT molecular complexity index is 1250. The highest BCUT2D eigenvalue weighted by molar-refractivity contribution is 5.77. The molecule has 0 unspecified atom stereocenters. The molecule has 0 fully saturated rings. The second-order valence-corrected chi connectivity index (χ2v) is 7.00. The van der Waals surface area contributed by atoms with Crippen molar-refractivity contribution < 1.29 is 18.1 Å². The molecule has 34 heavy (non-hydrogen) atoms. The normalized spacial score (nSPS) is 11.0. The Hall–Kier alpha value is -4.67. The molecule has 1 heterocycles. The van der Waals surface area contributed by atoms with Gasteiger partial charge in [0.15, 0.2) is 0 Å². The maximum Gasteiger partial charge on any atom is 0.416 e. The van der Waals surface area contributed by atoms with E-state index in [-0.39, 0.29) is 17.3 Å². The number of hydrogen-bond acceptors (Lipinski definition) is 7. The average molecular weight is 466 g/mol. The van der Waals surface area contributed by atoms with Gasteiger partial charge in [-0.25, -0.2) is 9.97 Å². The molecule has 0 aliphatic heterocycles. The second-order valence-electron chi connectivity index (χ2n) is 7.00. The molecule has 172 valence electrons. The summed E-state index contributed by atoms with van der Waals surface area (Å²) in [5.41, 5.74) is 2.86. The number of hydrogen-bond donors (Lipinski definition) is 2. The molecule has 2 N–H and O–H groups in total. The van der Waals surface area contributed by atoms with Crippen LogP contribution in [-0.2, 0) is 6.18 Å². The van der Waals surface area contributed by atoms with Crippen LogP contribution in [-0.4, -0.2) is 14.9 Å². The molecule has 0 radical (unpaired) electrons. The van der Waals surface area contributed by atoms with Crippen molar-refractivity contribution in [2.75, 3.05) is 15.8 Å². The van der Waals surface area contributed by atoms with E-state index < -0.39 is 22.4 Å². The van der Waals surface area contributed by atoms with Gasteiger partial charge in [0.1, 0.15) is 6.33 Å². The van der Waals surface area contributed by atoms with Gasteiger partial charge in [0.2, 0.25) is 11.6 Å². The summed E-state index contributed by atoms with van der Waals surface area (Å²) in [7, 11) is 0. The summed E-state index contributed by atoms with van der Waals surface area (Å²) in [6.07, 6.45) is -3.48. The lowest BCUT2D eigenvalue weighted by Crippen LogP contribution is -2.26. The Balaban J connectivity index is 1.73. The molecule has 0 spiro atoms. The fourth-order valence-electron chi connectivity index (χ4n) is 3.17. The lowest BCUT2D eigenvalue weighted by molar-refractivity contribution is -0.383. The van der Waals surface area contributed by atoms with E-state index in [1.54, 1.807) is 29.3 Å². The molecular weight excluding hydrogens is 449 g/mol. The molecular formula is C23H17F3N6O2. The molecule has 0 aliphatic rings. The summed E-state index contributed by atoms with van der Waals surface area (Å²) in [6, 6.07) is 22.4. The zero-order valence-corrected chi connectivity index (χ0v) is 17.4. The Labute approximate surface area is 191 Å². The lowest BCUT2D eigenvalue weighted by atomic mass is 10.2. The van der Waals surface area contributed by atoms with Gasteiger partial charge in [-0.15, -0.1) is 0 Å². The van der Waals surface area contributed by atoms with Crippen molar-refractivity contribution in [3.05, 3.63) is 107 Å². The third-order valence-corrected chi connectivity index (χ3v) is 4.70. The van der Waals surface area contributed by atoms with E-state index in [4.69, 9.17) is 0 Å². The number of benzene rings is 3. The number of hydrazine groups is 1. The number of halogens is 3. The van der Waals surface area contributed by atoms with Gasteiger partial charge in [0.05, 0.1) is 21.9 Å². The van der Waals surface area contributed by atoms with Crippen LogP contribution in [0, 0.1) is 10.1 Å². The van der Waals surface area contributed by atoms with Crippen LogP contribution in [0.15, 0.2) is 91.3 Å². The number of nitrogens with zero attached hydrogens (tertiary/aromatic N) is 4. The number of anilines is 5. The summed E-state index contributed by atoms with van der Waals surface area (Å²) in [5, 5.41) is 16.2. The predicted molar refractivity (Wildman–Crippen MR) is 122 cm³/mol. The molecule has 0 saturated carbocycles. The molecule has 0 amide bonds. The minimum Gasteiger partial charge on any atom is -0.334 e. The molecule has 0 aliphatic carbocycles. The van der Waals surface area contributed by atoms with E-state index in [0.717, 1.165) is 18.5 Å². The summed E-state index contributed by atoms with van der Waals surface area (Å²) in [4.78, 5) is 19.2. The monoisotopic (exact) mass is 466 g/mol. The first-order chi connectivity index (χ1) is 16.3. The Morgan fingerprint density at radius 1 is 0.824 bits per heavy atom. The standard InChI is InChI=1S/C23H17F3N6O2/c24-23(25,26)16-8-7-9-17(14-16)29-21-20(32(33)34)22(28-15-27-21)30-31(18-10-3-1-4-11-18)19-12-5-2-6-13-19/h1-15H,(H2,27,28,29,30). The third-order valence-electron chi connectivity index (χ3n) is 4.70. The third kappa shape index (κ3) is 5.04. The lowest BCUT2D eigenvalue weighted by Gasteiger charge is -2.26. The second kappa shape index (κ2) is 9.45. The molecule has 0 saturated heterocycles. The van der Waals surface area contributed by atoms with Crippen LogP contribution in [0.5, 0.6) is 0 Å². The van der Waals surface area contributed by atoms with E-state index in [2.05, 4.69) is 20.7 Å². The Morgan fingerprint density at radius 3 is 1.97 bits per heavy atom. The summed E-state index contributed by atoms with van der Waals surface area (Å²) < 4.78 is 39.2. The van der Waals surface area contributed by atoms with Crippen LogP contribution in [0.25, 0.3) is 0 Å². The number of alkyl halides is 3. The molecule has 8 nitrogen and oxygen atoms in total. The van der Waals surface area contributed by atoms with Crippen LogP contribution < -0.4 is 15.8 Å². The van der Waals surface area contributed by atoms with Crippen molar-refractivity contribution in [3.8, 4) is 0 Å². The maximum absolute atomic E-state index is 13.1. The van der Waals surface area contributed by atoms with Gasteiger partial charge in [-0.05, 0) is 42.5 Å². The van der Waals surface area contributed by atoms with Crippen molar-refractivity contribution in [1.29, 1.82) is 0 Å². The van der Waals surface area contributed by atoms with E-state index >= 15 is 0 Å². The minimum atomic E-state index is -4.56. The van der Waals surface area contributed by atoms with Gasteiger partial charge in [0.25, 0.3) is 0 Å². The Kier molecular flexibility index (Phi) is 6.26. The Morgan fingerprint density at radius 2 is 1.41 bits per heavy atom. The van der Waals surface area contributed by atoms with Gasteiger partial charge in [-0.1, -0.05) is 42.5 Å². The molecule has 11 heteroatoms. The fraction of sp³-hybridized carbons (Fsp3) is 0.0435. The number of para-hydroxylation sites is 2. The van der Waals surface area contributed by atoms with Crippen LogP contribution in [0.4, 0.5) is 47.6 Å². The number of nitrogens with one attached hydrogen (secondary N) is 2. The SMILES string of the molecule is O=[N+]([O-])c1c(Nc2cccc(C(F)(F)F)c2)ncnc1NN(c1ccccc1)c1ccccc1. The zero-order chi connectivity index (χ0) is 24.1. The largest absolute Gasteiger partial charge is 0.416 e. The zero-order valence-electron chi connectivity index (χ0n) is 17.4. The topological polar surface area (TPSA) is 96.2 Å². The first-order valence-corrected chi connectivity index (χ1v) is 9.93. The van der Waals surface area contributed by atoms with Crippen LogP contribution in [0.2, 0.25) is 0 Å². The molecule has 4 aromatic rings. The number of aromatic nitrogens is 2. The quantitative estimate of drug-likeness (QED) is 0.243. The van der Waals surface area contributed by atoms with Crippen LogP contribution >= 0.6 is 0 Å². The smallest absolute Gasteiger partial charge is 0.334 e. The highest BCUT2D eigenvalue weighted by Crippen LogP contribution is 2.36. The number of rotatable bonds is 7. The van der Waals surface area contributed by atoms with Crippen molar-refractivity contribution in [2.45, 2.75) is 6.18 Å². The molecule has 1 aromatic heterocycles. The van der Waals surface area contributed by atoms with Crippen LogP contribution in [0.3, 0.4) is 0 Å². The first kappa shape index (κ1) is 22.5. The molecule has 0 atom stereocenters. The number of nitro groups is 1. The van der Waals surface area contributed by atoms with Gasteiger partial charge < -0.3 is 5.32 Å². The van der Waals surface area contributed by atoms with Crippen molar-refractivity contribution >= 4 is 34.4 Å². The van der Waals surface area contributed by atoms with Crippen LogP contribution in [0.1, 0.15) is 5.56 Å². The minimum absolute atomic E-state index is 0.00875. The van der Waals surface area contributed by atoms with Crippen molar-refractivity contribution in [3.63, 3.8) is 0 Å². The van der Waals surface area contributed by atoms with Gasteiger partial charge in [0, 0.05) is 5.69 Å². The van der Waals surface area contributed by atoms with Crippen molar-refractivity contribution in [2.24, 2.45) is 0 Å². The maximum atomic E-state index is 13.1. The predicted octanol–water partition coefficient (Wildman–Crippen LogP) is 6.31. The van der Waals surface area contributed by atoms with E-state index in [9.17, 15) is 23.3 Å².